The lowest BCUT2D eigenvalue weighted by atomic mass is 9.96. The van der Waals surface area contributed by atoms with Gasteiger partial charge in [-0.15, -0.1) is 0 Å². The zero-order valence-corrected chi connectivity index (χ0v) is 16.8. The summed E-state index contributed by atoms with van der Waals surface area (Å²) in [5.41, 5.74) is 0.869. The first-order valence-corrected chi connectivity index (χ1v) is 11.9. The van der Waals surface area contributed by atoms with Crippen LogP contribution in [0.25, 0.3) is 0 Å². The minimum Gasteiger partial charge on any atom is -0.292 e. The van der Waals surface area contributed by atoms with Crippen molar-refractivity contribution >= 4 is 15.5 Å². The Kier molecular flexibility index (Phi) is 8.41. The molecule has 2 aliphatic rings. The molecule has 4 heteroatoms. The highest BCUT2D eigenvalue weighted by Gasteiger charge is 2.42. The number of hydrogen-bond acceptors (Lipinski definition) is 3. The summed E-state index contributed by atoms with van der Waals surface area (Å²) in [4.78, 5) is 4.70. The van der Waals surface area contributed by atoms with Crippen LogP contribution in [-0.4, -0.2) is 31.7 Å². The van der Waals surface area contributed by atoms with Gasteiger partial charge in [0.2, 0.25) is 0 Å². The first kappa shape index (κ1) is 20.4. The molecule has 2 rings (SSSR count). The van der Waals surface area contributed by atoms with Crippen molar-refractivity contribution in [2.75, 3.05) is 12.3 Å². The van der Waals surface area contributed by atoms with Gasteiger partial charge in [0.05, 0.1) is 11.0 Å². The van der Waals surface area contributed by atoms with Crippen LogP contribution < -0.4 is 0 Å². The molecule has 0 aromatic heterocycles. The fourth-order valence-corrected chi connectivity index (χ4v) is 5.68. The predicted molar refractivity (Wildman–Crippen MR) is 108 cm³/mol. The van der Waals surface area contributed by atoms with Gasteiger partial charge in [0, 0.05) is 18.2 Å². The van der Waals surface area contributed by atoms with Gasteiger partial charge in [-0.05, 0) is 12.3 Å². The van der Waals surface area contributed by atoms with E-state index >= 15 is 0 Å². The Morgan fingerprint density at radius 3 is 2.40 bits per heavy atom. The number of allylic oxidation sites excluding steroid dienone is 3. The third-order valence-electron chi connectivity index (χ3n) is 5.39. The van der Waals surface area contributed by atoms with Crippen LogP contribution in [0.4, 0.5) is 0 Å². The lowest BCUT2D eigenvalue weighted by Crippen LogP contribution is -2.21. The summed E-state index contributed by atoms with van der Waals surface area (Å²) in [7, 11) is -3.05. The van der Waals surface area contributed by atoms with E-state index in [0.717, 1.165) is 12.3 Å². The molecule has 0 aromatic carbocycles. The highest BCUT2D eigenvalue weighted by atomic mass is 32.2. The Labute approximate surface area is 154 Å². The molecule has 0 N–H and O–H groups in total. The molecule has 1 aliphatic heterocycles. The third-order valence-corrected chi connectivity index (χ3v) is 7.37. The monoisotopic (exact) mass is 365 g/mol. The van der Waals surface area contributed by atoms with E-state index in [1.165, 1.54) is 57.8 Å². The lowest BCUT2D eigenvalue weighted by Gasteiger charge is -2.14. The summed E-state index contributed by atoms with van der Waals surface area (Å²) >= 11 is 0. The van der Waals surface area contributed by atoms with Gasteiger partial charge in [-0.2, -0.15) is 0 Å². The van der Waals surface area contributed by atoms with Crippen LogP contribution in [0.2, 0.25) is 0 Å². The van der Waals surface area contributed by atoms with Crippen molar-refractivity contribution in [1.29, 1.82) is 0 Å². The number of hydrogen-bond donors (Lipinski definition) is 0. The molecule has 0 saturated carbocycles. The van der Waals surface area contributed by atoms with Crippen molar-refractivity contribution in [3.05, 3.63) is 24.3 Å². The number of aliphatic imine (C=N–C) groups is 1. The van der Waals surface area contributed by atoms with E-state index in [2.05, 4.69) is 13.8 Å². The molecule has 142 valence electrons. The summed E-state index contributed by atoms with van der Waals surface area (Å²) in [6.07, 6.45) is 19.6. The minimum absolute atomic E-state index is 0.0229. The largest absolute Gasteiger partial charge is 0.292 e. The van der Waals surface area contributed by atoms with E-state index in [1.54, 1.807) is 0 Å². The molecule has 0 spiro atoms. The van der Waals surface area contributed by atoms with E-state index < -0.39 is 9.84 Å². The molecule has 0 radical (unpaired) electrons. The standard InChI is InChI=1S/C21H35NO2S/c1-3-4-5-6-7-8-9-10-13-18(2)16-22-20-17-25(23,24)21-15-12-11-14-19(20)21/h11-12,14-15,18-19,21H,3-10,13,16-17H2,1-2H3. The van der Waals surface area contributed by atoms with Gasteiger partial charge >= 0.3 is 0 Å². The van der Waals surface area contributed by atoms with Gasteiger partial charge in [-0.1, -0.05) is 89.5 Å². The van der Waals surface area contributed by atoms with Crippen LogP contribution in [0.3, 0.4) is 0 Å². The highest BCUT2D eigenvalue weighted by Crippen LogP contribution is 2.30. The Morgan fingerprint density at radius 1 is 1.04 bits per heavy atom. The fourth-order valence-electron chi connectivity index (χ4n) is 3.77. The second-order valence-corrected chi connectivity index (χ2v) is 9.93. The topological polar surface area (TPSA) is 46.5 Å². The molecule has 3 nitrogen and oxygen atoms in total. The molecule has 1 aliphatic carbocycles. The van der Waals surface area contributed by atoms with Crippen molar-refractivity contribution in [3.63, 3.8) is 0 Å². The minimum atomic E-state index is -3.05. The van der Waals surface area contributed by atoms with E-state index in [1.807, 2.05) is 24.3 Å². The number of fused-ring (bicyclic) bond motifs is 1. The summed E-state index contributed by atoms with van der Waals surface area (Å²) in [5.74, 6) is 0.657. The van der Waals surface area contributed by atoms with E-state index in [9.17, 15) is 8.42 Å². The summed E-state index contributed by atoms with van der Waals surface area (Å²) in [5, 5.41) is -0.376. The Morgan fingerprint density at radius 2 is 1.68 bits per heavy atom. The lowest BCUT2D eigenvalue weighted by molar-refractivity contribution is 0.488. The molecular formula is C21H35NO2S. The van der Waals surface area contributed by atoms with Gasteiger partial charge < -0.3 is 0 Å². The number of nitrogens with zero attached hydrogens (tertiary/aromatic N) is 1. The number of unbranched alkanes of at least 4 members (excludes halogenated alkanes) is 7. The molecule has 3 atom stereocenters. The quantitative estimate of drug-likeness (QED) is 0.476. The zero-order valence-electron chi connectivity index (χ0n) is 16.0. The van der Waals surface area contributed by atoms with Gasteiger partial charge in [-0.25, -0.2) is 8.42 Å². The van der Waals surface area contributed by atoms with Crippen molar-refractivity contribution in [2.24, 2.45) is 16.8 Å². The third kappa shape index (κ3) is 6.40. The van der Waals surface area contributed by atoms with Gasteiger partial charge in [0.25, 0.3) is 0 Å². The van der Waals surface area contributed by atoms with Crippen molar-refractivity contribution in [1.82, 2.24) is 0 Å². The summed E-state index contributed by atoms with van der Waals surface area (Å²) in [6, 6.07) is 0. The summed E-state index contributed by atoms with van der Waals surface area (Å²) < 4.78 is 24.4. The molecule has 1 heterocycles. The van der Waals surface area contributed by atoms with Crippen molar-refractivity contribution in [2.45, 2.75) is 76.9 Å². The first-order valence-electron chi connectivity index (χ1n) is 10.1. The molecule has 1 fully saturated rings. The SMILES string of the molecule is CCCCCCCCCCC(C)CN=C1CS(=O)(=O)C2C=CC=CC12. The van der Waals surface area contributed by atoms with E-state index in [-0.39, 0.29) is 16.9 Å². The molecular weight excluding hydrogens is 330 g/mol. The Hall–Kier alpha value is -0.900. The van der Waals surface area contributed by atoms with E-state index in [0.29, 0.717) is 5.92 Å². The zero-order chi connectivity index (χ0) is 18.1. The van der Waals surface area contributed by atoms with Crippen LogP contribution in [0.1, 0.15) is 71.6 Å². The molecule has 0 aromatic rings. The average Bonchev–Trinajstić information content (AvgIpc) is 2.86. The maximum Gasteiger partial charge on any atom is 0.163 e. The Bertz CT molecular complexity index is 589. The normalized spacial score (nSPS) is 26.9. The second kappa shape index (κ2) is 10.3. The molecule has 3 unspecified atom stereocenters. The molecule has 0 amide bonds. The summed E-state index contributed by atoms with van der Waals surface area (Å²) in [6.45, 7) is 5.26. The van der Waals surface area contributed by atoms with E-state index in [4.69, 9.17) is 4.99 Å². The Balaban J connectivity index is 1.66. The average molecular weight is 366 g/mol. The van der Waals surface area contributed by atoms with Crippen LogP contribution in [0, 0.1) is 11.8 Å². The predicted octanol–water partition coefficient (Wildman–Crippen LogP) is 5.13. The number of rotatable bonds is 11. The fraction of sp³-hybridized carbons (Fsp3) is 0.762. The maximum atomic E-state index is 12.2. The first-order chi connectivity index (χ1) is 12.0. The van der Waals surface area contributed by atoms with Crippen molar-refractivity contribution < 1.29 is 8.42 Å². The van der Waals surface area contributed by atoms with Gasteiger partial charge in [-0.3, -0.25) is 4.99 Å². The smallest absolute Gasteiger partial charge is 0.163 e. The number of sulfone groups is 1. The van der Waals surface area contributed by atoms with Gasteiger partial charge in [0.15, 0.2) is 9.84 Å². The highest BCUT2D eigenvalue weighted by molar-refractivity contribution is 7.93. The van der Waals surface area contributed by atoms with Crippen LogP contribution in [0.15, 0.2) is 29.3 Å². The van der Waals surface area contributed by atoms with Crippen molar-refractivity contribution in [3.8, 4) is 0 Å². The molecule has 0 bridgehead atoms. The second-order valence-electron chi connectivity index (χ2n) is 7.77. The van der Waals surface area contributed by atoms with Crippen LogP contribution in [0.5, 0.6) is 0 Å². The maximum absolute atomic E-state index is 12.2. The van der Waals surface area contributed by atoms with Crippen LogP contribution in [-0.2, 0) is 9.84 Å². The van der Waals surface area contributed by atoms with Gasteiger partial charge in [0.1, 0.15) is 0 Å². The molecule has 1 saturated heterocycles. The van der Waals surface area contributed by atoms with Crippen LogP contribution >= 0.6 is 0 Å². The molecule has 25 heavy (non-hydrogen) atoms.